The molecule has 2 rings (SSSR count). The van der Waals surface area contributed by atoms with E-state index in [-0.39, 0.29) is 17.6 Å². The number of aliphatic imine (C=N–C) groups is 1. The third-order valence-corrected chi connectivity index (χ3v) is 4.70. The van der Waals surface area contributed by atoms with Gasteiger partial charge in [-0.05, 0) is 36.8 Å². The first kappa shape index (κ1) is 21.9. The monoisotopic (exact) mass is 390 g/mol. The zero-order valence-electron chi connectivity index (χ0n) is 17.5. The number of carbonyl (C=O) groups excluding carboxylic acids is 1. The minimum Gasteiger partial charge on any atom is -0.491 e. The topological polar surface area (TPSA) is 89.2 Å². The average Bonchev–Trinajstić information content (AvgIpc) is 2.65. The smallest absolute Gasteiger partial charge is 0.409 e. The molecule has 0 radical (unpaired) electrons. The SMILES string of the molecule is CCOC(=O)N1CCC(NC(N)=NCCOc2ccccc2C(C)(C)C)CC1. The third kappa shape index (κ3) is 6.62. The van der Waals surface area contributed by atoms with Crippen LogP contribution in [0.3, 0.4) is 0 Å². The lowest BCUT2D eigenvalue weighted by atomic mass is 9.86. The molecule has 0 aromatic heterocycles. The summed E-state index contributed by atoms with van der Waals surface area (Å²) < 4.78 is 11.0. The zero-order chi connectivity index (χ0) is 20.6. The third-order valence-electron chi connectivity index (χ3n) is 4.70. The molecule has 1 heterocycles. The van der Waals surface area contributed by atoms with Crippen molar-refractivity contribution in [2.45, 2.75) is 52.0 Å². The van der Waals surface area contributed by atoms with Crippen molar-refractivity contribution in [3.8, 4) is 5.75 Å². The van der Waals surface area contributed by atoms with E-state index in [0.717, 1.165) is 18.6 Å². The van der Waals surface area contributed by atoms with Crippen LogP contribution in [0.4, 0.5) is 4.79 Å². The van der Waals surface area contributed by atoms with Crippen LogP contribution < -0.4 is 15.8 Å². The molecule has 0 atom stereocenters. The van der Waals surface area contributed by atoms with Crippen LogP contribution >= 0.6 is 0 Å². The van der Waals surface area contributed by atoms with Crippen molar-refractivity contribution in [2.75, 3.05) is 32.8 Å². The van der Waals surface area contributed by atoms with Crippen LogP contribution in [0.15, 0.2) is 29.3 Å². The number of hydrogen-bond donors (Lipinski definition) is 2. The summed E-state index contributed by atoms with van der Waals surface area (Å²) in [5, 5.41) is 3.24. The van der Waals surface area contributed by atoms with E-state index in [1.165, 1.54) is 5.56 Å². The number of para-hydroxylation sites is 1. The number of likely N-dealkylation sites (tertiary alicyclic amines) is 1. The largest absolute Gasteiger partial charge is 0.491 e. The molecule has 1 aliphatic heterocycles. The second-order valence-electron chi connectivity index (χ2n) is 7.97. The minimum absolute atomic E-state index is 0.0266. The maximum atomic E-state index is 11.7. The normalized spacial score (nSPS) is 16.0. The Morgan fingerprint density at radius 3 is 2.61 bits per heavy atom. The molecular formula is C21H34N4O3. The number of rotatable bonds is 6. The molecule has 1 amide bonds. The maximum Gasteiger partial charge on any atom is 0.409 e. The molecule has 0 bridgehead atoms. The van der Waals surface area contributed by atoms with E-state index in [0.29, 0.717) is 38.8 Å². The zero-order valence-corrected chi connectivity index (χ0v) is 17.5. The molecule has 1 aromatic rings. The molecule has 28 heavy (non-hydrogen) atoms. The van der Waals surface area contributed by atoms with Crippen LogP contribution in [-0.4, -0.2) is 55.8 Å². The molecule has 1 aromatic carbocycles. The average molecular weight is 391 g/mol. The molecule has 3 N–H and O–H groups in total. The summed E-state index contributed by atoms with van der Waals surface area (Å²) in [5.74, 6) is 1.31. The standard InChI is InChI=1S/C21H34N4O3/c1-5-27-20(26)25-13-10-16(11-14-25)24-19(22)23-12-15-28-18-9-7-6-8-17(18)21(2,3)4/h6-9,16H,5,10-15H2,1-4H3,(H3,22,23,24). The van der Waals surface area contributed by atoms with E-state index in [9.17, 15) is 4.79 Å². The summed E-state index contributed by atoms with van der Waals surface area (Å²) in [7, 11) is 0. The number of nitrogens with zero attached hydrogens (tertiary/aromatic N) is 2. The summed E-state index contributed by atoms with van der Waals surface area (Å²) >= 11 is 0. The van der Waals surface area contributed by atoms with E-state index in [1.54, 1.807) is 4.90 Å². The fourth-order valence-electron chi connectivity index (χ4n) is 3.21. The van der Waals surface area contributed by atoms with Crippen LogP contribution in [0.25, 0.3) is 0 Å². The molecule has 7 nitrogen and oxygen atoms in total. The highest BCUT2D eigenvalue weighted by Crippen LogP contribution is 2.30. The highest BCUT2D eigenvalue weighted by Gasteiger charge is 2.23. The first-order valence-corrected chi connectivity index (χ1v) is 10.0. The molecule has 7 heteroatoms. The highest BCUT2D eigenvalue weighted by atomic mass is 16.6. The van der Waals surface area contributed by atoms with Gasteiger partial charge in [0.15, 0.2) is 5.96 Å². The number of hydrogen-bond acceptors (Lipinski definition) is 4. The molecule has 1 saturated heterocycles. The second kappa shape index (κ2) is 10.2. The molecule has 0 spiro atoms. The lowest BCUT2D eigenvalue weighted by molar-refractivity contribution is 0.0963. The highest BCUT2D eigenvalue weighted by molar-refractivity contribution is 5.78. The molecule has 1 fully saturated rings. The van der Waals surface area contributed by atoms with Gasteiger partial charge in [-0.25, -0.2) is 9.79 Å². The number of nitrogens with one attached hydrogen (secondary N) is 1. The summed E-state index contributed by atoms with van der Waals surface area (Å²) in [6, 6.07) is 8.31. The lowest BCUT2D eigenvalue weighted by Crippen LogP contribution is -2.48. The van der Waals surface area contributed by atoms with Crippen LogP contribution in [-0.2, 0) is 10.2 Å². The Kier molecular flexibility index (Phi) is 7.96. The number of piperidine rings is 1. The van der Waals surface area contributed by atoms with Crippen molar-refractivity contribution < 1.29 is 14.3 Å². The van der Waals surface area contributed by atoms with Gasteiger partial charge < -0.3 is 25.4 Å². The Bertz CT molecular complexity index is 662. The molecule has 0 saturated carbocycles. The van der Waals surface area contributed by atoms with Gasteiger partial charge in [0, 0.05) is 19.1 Å². The van der Waals surface area contributed by atoms with Crippen LogP contribution in [0.5, 0.6) is 5.75 Å². The Morgan fingerprint density at radius 1 is 1.29 bits per heavy atom. The van der Waals surface area contributed by atoms with Crippen molar-refractivity contribution in [1.29, 1.82) is 0 Å². The number of amides is 1. The maximum absolute atomic E-state index is 11.7. The van der Waals surface area contributed by atoms with Gasteiger partial charge >= 0.3 is 6.09 Å². The quantitative estimate of drug-likeness (QED) is 0.443. The van der Waals surface area contributed by atoms with Gasteiger partial charge in [-0.2, -0.15) is 0 Å². The predicted molar refractivity (Wildman–Crippen MR) is 112 cm³/mol. The summed E-state index contributed by atoms with van der Waals surface area (Å²) in [6.07, 6.45) is 1.41. The van der Waals surface area contributed by atoms with Gasteiger partial charge in [-0.1, -0.05) is 39.0 Å². The Labute approximate surface area is 168 Å². The van der Waals surface area contributed by atoms with Gasteiger partial charge in [-0.15, -0.1) is 0 Å². The molecule has 156 valence electrons. The van der Waals surface area contributed by atoms with Crippen LogP contribution in [0, 0.1) is 0 Å². The van der Waals surface area contributed by atoms with Crippen molar-refractivity contribution in [3.63, 3.8) is 0 Å². The van der Waals surface area contributed by atoms with E-state index in [2.05, 4.69) is 37.1 Å². The van der Waals surface area contributed by atoms with Crippen molar-refractivity contribution in [3.05, 3.63) is 29.8 Å². The summed E-state index contributed by atoms with van der Waals surface area (Å²) in [6.45, 7) is 11.0. The first-order chi connectivity index (χ1) is 13.3. The predicted octanol–water partition coefficient (Wildman–Crippen LogP) is 2.89. The Morgan fingerprint density at radius 2 is 1.96 bits per heavy atom. The number of guanidine groups is 1. The fourth-order valence-corrected chi connectivity index (χ4v) is 3.21. The van der Waals surface area contributed by atoms with Gasteiger partial charge in [0.05, 0.1) is 13.2 Å². The van der Waals surface area contributed by atoms with E-state index in [4.69, 9.17) is 15.2 Å². The molecular weight excluding hydrogens is 356 g/mol. The minimum atomic E-state index is -0.240. The Hall–Kier alpha value is -2.44. The van der Waals surface area contributed by atoms with Crippen molar-refractivity contribution in [1.82, 2.24) is 10.2 Å². The van der Waals surface area contributed by atoms with Crippen molar-refractivity contribution in [2.24, 2.45) is 10.7 Å². The number of ether oxygens (including phenoxy) is 2. The number of nitrogens with two attached hydrogens (primary N) is 1. The molecule has 1 aliphatic rings. The van der Waals surface area contributed by atoms with E-state index < -0.39 is 0 Å². The van der Waals surface area contributed by atoms with E-state index >= 15 is 0 Å². The van der Waals surface area contributed by atoms with E-state index in [1.807, 2.05) is 25.1 Å². The second-order valence-corrected chi connectivity index (χ2v) is 7.97. The summed E-state index contributed by atoms with van der Waals surface area (Å²) in [4.78, 5) is 17.8. The van der Waals surface area contributed by atoms with Gasteiger partial charge in [0.25, 0.3) is 0 Å². The number of benzene rings is 1. The lowest BCUT2D eigenvalue weighted by Gasteiger charge is -2.31. The molecule has 0 aliphatic carbocycles. The van der Waals surface area contributed by atoms with Crippen molar-refractivity contribution >= 4 is 12.1 Å². The molecule has 0 unspecified atom stereocenters. The van der Waals surface area contributed by atoms with Crippen LogP contribution in [0.2, 0.25) is 0 Å². The van der Waals surface area contributed by atoms with Crippen LogP contribution in [0.1, 0.15) is 46.1 Å². The van der Waals surface area contributed by atoms with Gasteiger partial charge in [-0.3, -0.25) is 0 Å². The van der Waals surface area contributed by atoms with Gasteiger partial charge in [0.2, 0.25) is 0 Å². The number of carbonyl (C=O) groups is 1. The summed E-state index contributed by atoms with van der Waals surface area (Å²) in [5.41, 5.74) is 7.21. The van der Waals surface area contributed by atoms with Gasteiger partial charge in [0.1, 0.15) is 12.4 Å². The first-order valence-electron chi connectivity index (χ1n) is 10.0. The fraction of sp³-hybridized carbons (Fsp3) is 0.619. The Balaban J connectivity index is 1.74.